The third-order valence-corrected chi connectivity index (χ3v) is 2.34. The highest BCUT2D eigenvalue weighted by molar-refractivity contribution is 4.71. The molecule has 0 N–H and O–H groups in total. The van der Waals surface area contributed by atoms with Gasteiger partial charge in [-0.15, -0.1) is 0 Å². The molecule has 10 heavy (non-hydrogen) atoms. The van der Waals surface area contributed by atoms with Gasteiger partial charge in [-0.25, -0.2) is 0 Å². The molecule has 0 aromatic rings. The van der Waals surface area contributed by atoms with Crippen molar-refractivity contribution in [3.05, 3.63) is 0 Å². The Hall–Kier alpha value is -0.0400. The van der Waals surface area contributed by atoms with Gasteiger partial charge in [-0.3, -0.25) is 0 Å². The molecule has 60 valence electrons. The molecular formula is C9H18O. The maximum atomic E-state index is 5.45. The van der Waals surface area contributed by atoms with E-state index in [2.05, 4.69) is 13.8 Å². The van der Waals surface area contributed by atoms with Crippen molar-refractivity contribution in [2.24, 2.45) is 5.92 Å². The fourth-order valence-electron chi connectivity index (χ4n) is 1.55. The van der Waals surface area contributed by atoms with Crippen LogP contribution in [-0.2, 0) is 4.74 Å². The van der Waals surface area contributed by atoms with Crippen LogP contribution in [0.3, 0.4) is 0 Å². The molecule has 0 aromatic heterocycles. The third kappa shape index (κ3) is 2.30. The molecule has 0 radical (unpaired) electrons. The van der Waals surface area contributed by atoms with E-state index in [1.165, 1.54) is 25.7 Å². The van der Waals surface area contributed by atoms with Crippen molar-refractivity contribution in [3.8, 4) is 0 Å². The Labute approximate surface area is 63.8 Å². The number of rotatable bonds is 4. The van der Waals surface area contributed by atoms with Crippen LogP contribution in [0.4, 0.5) is 0 Å². The van der Waals surface area contributed by atoms with E-state index in [1.807, 2.05) is 0 Å². The quantitative estimate of drug-likeness (QED) is 0.586. The average molecular weight is 142 g/mol. The van der Waals surface area contributed by atoms with Crippen molar-refractivity contribution in [3.63, 3.8) is 0 Å². The lowest BCUT2D eigenvalue weighted by molar-refractivity contribution is 0.0468. The molecule has 1 fully saturated rings. The molecule has 0 aromatic carbocycles. The minimum atomic E-state index is 0.496. The van der Waals surface area contributed by atoms with Crippen LogP contribution in [-0.4, -0.2) is 12.7 Å². The summed E-state index contributed by atoms with van der Waals surface area (Å²) in [6.07, 6.45) is 6.11. The first kappa shape index (κ1) is 8.06. The van der Waals surface area contributed by atoms with Gasteiger partial charge in [0.2, 0.25) is 0 Å². The van der Waals surface area contributed by atoms with Crippen LogP contribution in [0.2, 0.25) is 0 Å². The van der Waals surface area contributed by atoms with E-state index in [0.29, 0.717) is 6.10 Å². The summed E-state index contributed by atoms with van der Waals surface area (Å²) >= 11 is 0. The fraction of sp³-hybridized carbons (Fsp3) is 1.00. The highest BCUT2D eigenvalue weighted by Gasteiger charge is 2.19. The molecule has 1 aliphatic carbocycles. The summed E-state index contributed by atoms with van der Waals surface area (Å²) in [5, 5.41) is 0. The molecule has 1 rings (SSSR count). The molecule has 0 heterocycles. The lowest BCUT2D eigenvalue weighted by Crippen LogP contribution is -2.19. The molecule has 1 heteroatoms. The Kier molecular flexibility index (Phi) is 3.20. The van der Waals surface area contributed by atoms with Crippen LogP contribution in [0.25, 0.3) is 0 Å². The van der Waals surface area contributed by atoms with E-state index >= 15 is 0 Å². The lowest BCUT2D eigenvalue weighted by atomic mass is 9.82. The summed E-state index contributed by atoms with van der Waals surface area (Å²) < 4.78 is 5.45. The molecule has 0 aliphatic heterocycles. The van der Waals surface area contributed by atoms with Crippen molar-refractivity contribution >= 4 is 0 Å². The highest BCUT2D eigenvalue weighted by Crippen LogP contribution is 2.30. The summed E-state index contributed by atoms with van der Waals surface area (Å²) in [5.41, 5.74) is 0. The first-order valence-electron chi connectivity index (χ1n) is 4.44. The van der Waals surface area contributed by atoms with Gasteiger partial charge in [0.15, 0.2) is 0 Å². The fourth-order valence-corrected chi connectivity index (χ4v) is 1.55. The Bertz CT molecular complexity index is 86.7. The maximum Gasteiger partial charge on any atom is 0.0549 e. The Morgan fingerprint density at radius 3 is 2.60 bits per heavy atom. The predicted molar refractivity (Wildman–Crippen MR) is 43.0 cm³/mol. The van der Waals surface area contributed by atoms with Gasteiger partial charge in [-0.05, 0) is 26.2 Å². The number of hydrogen-bond donors (Lipinski definition) is 0. The second-order valence-electron chi connectivity index (χ2n) is 3.30. The number of hydrogen-bond acceptors (Lipinski definition) is 1. The first-order valence-corrected chi connectivity index (χ1v) is 4.44. The normalized spacial score (nSPS) is 22.2. The van der Waals surface area contributed by atoms with Crippen molar-refractivity contribution in [1.82, 2.24) is 0 Å². The molecular weight excluding hydrogens is 124 g/mol. The Morgan fingerprint density at radius 2 is 2.20 bits per heavy atom. The largest absolute Gasteiger partial charge is 0.379 e. The zero-order valence-electron chi connectivity index (χ0n) is 7.10. The van der Waals surface area contributed by atoms with Crippen LogP contribution in [0, 0.1) is 5.92 Å². The minimum absolute atomic E-state index is 0.496. The van der Waals surface area contributed by atoms with E-state index in [9.17, 15) is 0 Å². The summed E-state index contributed by atoms with van der Waals surface area (Å²) in [6.45, 7) is 5.12. The van der Waals surface area contributed by atoms with Gasteiger partial charge in [-0.2, -0.15) is 0 Å². The standard InChI is InChI=1S/C9H18O/c1-3-10-8(2)7-9-5-4-6-9/h8-9H,3-7H2,1-2H3. The van der Waals surface area contributed by atoms with Gasteiger partial charge in [0.1, 0.15) is 0 Å². The van der Waals surface area contributed by atoms with Crippen LogP contribution in [0.15, 0.2) is 0 Å². The minimum Gasteiger partial charge on any atom is -0.379 e. The maximum absolute atomic E-state index is 5.45. The van der Waals surface area contributed by atoms with Crippen LogP contribution >= 0.6 is 0 Å². The molecule has 0 amide bonds. The second-order valence-corrected chi connectivity index (χ2v) is 3.30. The van der Waals surface area contributed by atoms with Gasteiger partial charge in [0.25, 0.3) is 0 Å². The summed E-state index contributed by atoms with van der Waals surface area (Å²) in [5.74, 6) is 0.988. The van der Waals surface area contributed by atoms with E-state index in [4.69, 9.17) is 4.74 Å². The Balaban J connectivity index is 1.99. The summed E-state index contributed by atoms with van der Waals surface area (Å²) in [6, 6.07) is 0. The van der Waals surface area contributed by atoms with Crippen molar-refractivity contribution in [2.45, 2.75) is 45.6 Å². The van der Waals surface area contributed by atoms with Crippen LogP contribution in [0.1, 0.15) is 39.5 Å². The zero-order valence-corrected chi connectivity index (χ0v) is 7.10. The van der Waals surface area contributed by atoms with E-state index in [-0.39, 0.29) is 0 Å². The monoisotopic (exact) mass is 142 g/mol. The van der Waals surface area contributed by atoms with Crippen molar-refractivity contribution in [2.75, 3.05) is 6.61 Å². The van der Waals surface area contributed by atoms with Crippen molar-refractivity contribution < 1.29 is 4.74 Å². The lowest BCUT2D eigenvalue weighted by Gasteiger charge is -2.27. The SMILES string of the molecule is CCOC(C)CC1CCC1. The van der Waals surface area contributed by atoms with Gasteiger partial charge in [0, 0.05) is 6.61 Å². The number of ether oxygens (including phenoxy) is 1. The second kappa shape index (κ2) is 3.97. The highest BCUT2D eigenvalue weighted by atomic mass is 16.5. The van der Waals surface area contributed by atoms with E-state index in [1.54, 1.807) is 0 Å². The smallest absolute Gasteiger partial charge is 0.0549 e. The molecule has 1 saturated carbocycles. The van der Waals surface area contributed by atoms with E-state index in [0.717, 1.165) is 12.5 Å². The zero-order chi connectivity index (χ0) is 7.40. The molecule has 0 spiro atoms. The van der Waals surface area contributed by atoms with Gasteiger partial charge in [0.05, 0.1) is 6.10 Å². The molecule has 1 atom stereocenters. The molecule has 0 saturated heterocycles. The van der Waals surface area contributed by atoms with Crippen molar-refractivity contribution in [1.29, 1.82) is 0 Å². The summed E-state index contributed by atoms with van der Waals surface area (Å²) in [7, 11) is 0. The van der Waals surface area contributed by atoms with Gasteiger partial charge >= 0.3 is 0 Å². The van der Waals surface area contributed by atoms with Gasteiger partial charge < -0.3 is 4.74 Å². The molecule has 1 nitrogen and oxygen atoms in total. The average Bonchev–Trinajstić information content (AvgIpc) is 1.80. The topological polar surface area (TPSA) is 9.23 Å². The Morgan fingerprint density at radius 1 is 1.50 bits per heavy atom. The molecule has 1 aliphatic rings. The van der Waals surface area contributed by atoms with Crippen LogP contribution in [0.5, 0.6) is 0 Å². The van der Waals surface area contributed by atoms with Crippen LogP contribution < -0.4 is 0 Å². The van der Waals surface area contributed by atoms with Gasteiger partial charge in [-0.1, -0.05) is 19.3 Å². The van der Waals surface area contributed by atoms with E-state index < -0.39 is 0 Å². The predicted octanol–water partition coefficient (Wildman–Crippen LogP) is 2.60. The molecule has 0 bridgehead atoms. The first-order chi connectivity index (χ1) is 4.83. The molecule has 1 unspecified atom stereocenters. The third-order valence-electron chi connectivity index (χ3n) is 2.34. The summed E-state index contributed by atoms with van der Waals surface area (Å²) in [4.78, 5) is 0.